The number of benzene rings is 1. The molecule has 2 aromatic rings. The van der Waals surface area contributed by atoms with E-state index >= 15 is 0 Å². The number of fused-ring (bicyclic) bond motifs is 1. The molecule has 3 rings (SSSR count). The molecule has 0 aliphatic carbocycles. The van der Waals surface area contributed by atoms with Gasteiger partial charge in [0.15, 0.2) is 0 Å². The highest BCUT2D eigenvalue weighted by Crippen LogP contribution is 2.30. The van der Waals surface area contributed by atoms with Gasteiger partial charge in [0.05, 0.1) is 11.3 Å². The Kier molecular flexibility index (Phi) is 5.90. The number of carbonyl (C=O) groups is 1. The number of aromatic nitrogens is 2. The largest absolute Gasteiger partial charge is 0.367 e. The third-order valence-corrected chi connectivity index (χ3v) is 5.32. The maximum atomic E-state index is 12.3. The second kappa shape index (κ2) is 8.34. The fraction of sp³-hybridized carbons (Fsp3) is 0.524. The summed E-state index contributed by atoms with van der Waals surface area (Å²) in [5.41, 5.74) is 2.89. The lowest BCUT2D eigenvalue weighted by atomic mass is 9.94. The van der Waals surface area contributed by atoms with Crippen LogP contribution >= 0.6 is 0 Å². The average molecular weight is 365 g/mol. The quantitative estimate of drug-likeness (QED) is 0.879. The Hall–Kier alpha value is -2.68. The zero-order chi connectivity index (χ0) is 19.4. The molecule has 1 saturated heterocycles. The first-order valence-electron chi connectivity index (χ1n) is 9.69. The highest BCUT2D eigenvalue weighted by atomic mass is 16.1. The van der Waals surface area contributed by atoms with E-state index < -0.39 is 0 Å². The molecule has 1 N–H and O–H groups in total. The highest BCUT2D eigenvalue weighted by molar-refractivity contribution is 5.92. The van der Waals surface area contributed by atoms with E-state index in [4.69, 9.17) is 0 Å². The van der Waals surface area contributed by atoms with Crippen LogP contribution in [-0.4, -0.2) is 35.0 Å². The molecular formula is C21H27N5O. The standard InChI is InChI=1S/C21H27N5O/c1-4-14(2)10-19(27)25-17-9-15(3)12-26(13-17)18-6-5-16(11-22)20-21(18)24-8-7-23-20/h5-8,14-15,17H,4,9-10,12-13H2,1-3H3,(H,25,27)/t14?,15-,17+/m0/s1. The van der Waals surface area contributed by atoms with Crippen molar-refractivity contribution >= 4 is 22.6 Å². The summed E-state index contributed by atoms with van der Waals surface area (Å²) >= 11 is 0. The van der Waals surface area contributed by atoms with Crippen molar-refractivity contribution in [1.29, 1.82) is 5.26 Å². The Morgan fingerprint density at radius 1 is 1.33 bits per heavy atom. The SMILES string of the molecule is CCC(C)CC(=O)N[C@@H]1C[C@H](C)CN(c2ccc(C#N)c3nccnc23)C1. The summed E-state index contributed by atoms with van der Waals surface area (Å²) in [6.07, 6.45) is 5.83. The Labute approximate surface area is 160 Å². The summed E-state index contributed by atoms with van der Waals surface area (Å²) in [6, 6.07) is 6.07. The molecule has 0 radical (unpaired) electrons. The molecule has 0 saturated carbocycles. The monoisotopic (exact) mass is 365 g/mol. The van der Waals surface area contributed by atoms with E-state index in [2.05, 4.69) is 47.0 Å². The van der Waals surface area contributed by atoms with Crippen LogP contribution in [0.15, 0.2) is 24.5 Å². The highest BCUT2D eigenvalue weighted by Gasteiger charge is 2.28. The molecule has 0 spiro atoms. The number of piperidine rings is 1. The minimum Gasteiger partial charge on any atom is -0.367 e. The molecule has 1 aromatic carbocycles. The van der Waals surface area contributed by atoms with Gasteiger partial charge in [-0.05, 0) is 30.4 Å². The molecule has 1 fully saturated rings. The number of nitriles is 1. The van der Waals surface area contributed by atoms with Crippen molar-refractivity contribution in [1.82, 2.24) is 15.3 Å². The lowest BCUT2D eigenvalue weighted by molar-refractivity contribution is -0.122. The maximum absolute atomic E-state index is 12.3. The fourth-order valence-electron chi connectivity index (χ4n) is 3.79. The summed E-state index contributed by atoms with van der Waals surface area (Å²) in [5, 5.41) is 12.5. The minimum atomic E-state index is 0.118. The van der Waals surface area contributed by atoms with Crippen molar-refractivity contribution in [3.8, 4) is 6.07 Å². The van der Waals surface area contributed by atoms with E-state index in [1.807, 2.05) is 12.1 Å². The van der Waals surface area contributed by atoms with Gasteiger partial charge in [-0.3, -0.25) is 14.8 Å². The number of anilines is 1. The summed E-state index contributed by atoms with van der Waals surface area (Å²) < 4.78 is 0. The van der Waals surface area contributed by atoms with E-state index in [9.17, 15) is 10.1 Å². The first kappa shape index (κ1) is 19.1. The lowest BCUT2D eigenvalue weighted by Gasteiger charge is -2.38. The molecule has 1 amide bonds. The van der Waals surface area contributed by atoms with Gasteiger partial charge in [0.2, 0.25) is 5.91 Å². The van der Waals surface area contributed by atoms with Gasteiger partial charge in [-0.25, -0.2) is 0 Å². The number of hydrogen-bond acceptors (Lipinski definition) is 5. The van der Waals surface area contributed by atoms with Crippen molar-refractivity contribution in [2.24, 2.45) is 11.8 Å². The molecule has 6 heteroatoms. The fourth-order valence-corrected chi connectivity index (χ4v) is 3.79. The van der Waals surface area contributed by atoms with E-state index in [1.165, 1.54) is 0 Å². The number of hydrogen-bond donors (Lipinski definition) is 1. The number of nitrogens with zero attached hydrogens (tertiary/aromatic N) is 4. The number of carbonyl (C=O) groups excluding carboxylic acids is 1. The van der Waals surface area contributed by atoms with Crippen LogP contribution in [0, 0.1) is 23.2 Å². The van der Waals surface area contributed by atoms with Crippen LogP contribution in [0.5, 0.6) is 0 Å². The van der Waals surface area contributed by atoms with E-state index in [1.54, 1.807) is 12.4 Å². The molecule has 1 aliphatic heterocycles. The van der Waals surface area contributed by atoms with Crippen molar-refractivity contribution in [2.75, 3.05) is 18.0 Å². The van der Waals surface area contributed by atoms with Crippen molar-refractivity contribution in [3.63, 3.8) is 0 Å². The molecule has 1 aromatic heterocycles. The predicted molar refractivity (Wildman–Crippen MR) is 106 cm³/mol. The van der Waals surface area contributed by atoms with Gasteiger partial charge in [0.25, 0.3) is 0 Å². The van der Waals surface area contributed by atoms with E-state index in [-0.39, 0.29) is 11.9 Å². The Morgan fingerprint density at radius 2 is 2.07 bits per heavy atom. The Bertz CT molecular complexity index is 859. The van der Waals surface area contributed by atoms with Crippen molar-refractivity contribution in [2.45, 2.75) is 46.1 Å². The molecule has 2 heterocycles. The van der Waals surface area contributed by atoms with Gasteiger partial charge in [-0.2, -0.15) is 5.26 Å². The normalized spacial score (nSPS) is 20.9. The number of amides is 1. The smallest absolute Gasteiger partial charge is 0.220 e. The number of nitrogens with one attached hydrogen (secondary N) is 1. The predicted octanol–water partition coefficient (Wildman–Crippen LogP) is 3.27. The van der Waals surface area contributed by atoms with Crippen LogP contribution in [0.3, 0.4) is 0 Å². The van der Waals surface area contributed by atoms with Gasteiger partial charge in [0.1, 0.15) is 17.1 Å². The molecule has 142 valence electrons. The third kappa shape index (κ3) is 4.36. The zero-order valence-electron chi connectivity index (χ0n) is 16.3. The molecule has 1 unspecified atom stereocenters. The van der Waals surface area contributed by atoms with Crippen LogP contribution < -0.4 is 10.2 Å². The summed E-state index contributed by atoms with van der Waals surface area (Å²) in [4.78, 5) is 23.4. The van der Waals surface area contributed by atoms with Crippen LogP contribution in [0.4, 0.5) is 5.69 Å². The van der Waals surface area contributed by atoms with Gasteiger partial charge < -0.3 is 10.2 Å². The molecule has 27 heavy (non-hydrogen) atoms. The van der Waals surface area contributed by atoms with Gasteiger partial charge in [-0.15, -0.1) is 0 Å². The molecule has 0 bridgehead atoms. The first-order chi connectivity index (χ1) is 13.0. The van der Waals surface area contributed by atoms with Gasteiger partial charge in [-0.1, -0.05) is 27.2 Å². The van der Waals surface area contributed by atoms with Crippen molar-refractivity contribution in [3.05, 3.63) is 30.1 Å². The summed E-state index contributed by atoms with van der Waals surface area (Å²) in [6.45, 7) is 8.07. The molecule has 1 aliphatic rings. The van der Waals surface area contributed by atoms with Crippen LogP contribution in [0.1, 0.15) is 45.6 Å². The number of rotatable bonds is 5. The maximum Gasteiger partial charge on any atom is 0.220 e. The second-order valence-corrected chi connectivity index (χ2v) is 7.73. The average Bonchev–Trinajstić information content (AvgIpc) is 2.66. The van der Waals surface area contributed by atoms with Gasteiger partial charge >= 0.3 is 0 Å². The van der Waals surface area contributed by atoms with Crippen LogP contribution in [0.25, 0.3) is 11.0 Å². The lowest BCUT2D eigenvalue weighted by Crippen LogP contribution is -2.50. The zero-order valence-corrected chi connectivity index (χ0v) is 16.3. The molecule has 6 nitrogen and oxygen atoms in total. The second-order valence-electron chi connectivity index (χ2n) is 7.73. The van der Waals surface area contributed by atoms with Crippen LogP contribution in [0.2, 0.25) is 0 Å². The van der Waals surface area contributed by atoms with E-state index in [0.717, 1.165) is 37.1 Å². The Morgan fingerprint density at radius 3 is 2.78 bits per heavy atom. The van der Waals surface area contributed by atoms with Crippen LogP contribution in [-0.2, 0) is 4.79 Å². The summed E-state index contributed by atoms with van der Waals surface area (Å²) in [7, 11) is 0. The Balaban J connectivity index is 1.82. The first-order valence-corrected chi connectivity index (χ1v) is 9.69. The molecule has 3 atom stereocenters. The summed E-state index contributed by atoms with van der Waals surface area (Å²) in [5.74, 6) is 0.989. The van der Waals surface area contributed by atoms with E-state index in [0.29, 0.717) is 29.3 Å². The van der Waals surface area contributed by atoms with Gasteiger partial charge in [0, 0.05) is 37.9 Å². The minimum absolute atomic E-state index is 0.118. The molecular weight excluding hydrogens is 338 g/mol. The van der Waals surface area contributed by atoms with Crippen molar-refractivity contribution < 1.29 is 4.79 Å². The third-order valence-electron chi connectivity index (χ3n) is 5.32. The topological polar surface area (TPSA) is 81.9 Å².